The molecule has 2 aliphatic heterocycles. The van der Waals surface area contributed by atoms with E-state index in [9.17, 15) is 4.79 Å². The van der Waals surface area contributed by atoms with Gasteiger partial charge in [0.25, 0.3) is 0 Å². The van der Waals surface area contributed by atoms with E-state index in [2.05, 4.69) is 4.90 Å². The summed E-state index contributed by atoms with van der Waals surface area (Å²) in [5, 5.41) is 8.90. The van der Waals surface area contributed by atoms with Gasteiger partial charge in [0.1, 0.15) is 0 Å². The lowest BCUT2D eigenvalue weighted by Crippen LogP contribution is -2.45. The van der Waals surface area contributed by atoms with E-state index in [0.29, 0.717) is 19.3 Å². The minimum absolute atomic E-state index is 0.0984. The van der Waals surface area contributed by atoms with Crippen LogP contribution in [0.3, 0.4) is 0 Å². The zero-order valence-electron chi connectivity index (χ0n) is 7.06. The molecule has 0 saturated carbocycles. The highest BCUT2D eigenvalue weighted by atomic mass is 16.5. The number of carbonyl (C=O) groups is 1. The Morgan fingerprint density at radius 1 is 1.58 bits per heavy atom. The lowest BCUT2D eigenvalue weighted by molar-refractivity contribution is -0.143. The largest absolute Gasteiger partial charge is 0.481 e. The summed E-state index contributed by atoms with van der Waals surface area (Å²) < 4.78 is 5.30. The first-order chi connectivity index (χ1) is 5.70. The van der Waals surface area contributed by atoms with Gasteiger partial charge in [-0.1, -0.05) is 0 Å². The molecule has 0 aromatic carbocycles. The standard InChI is InChI=1S/C8H13NO3/c1-9-5-2-6(8(10)11)7(9)4-12-3-5/h5-7H,2-4H2,1H3,(H,10,11). The van der Waals surface area contributed by atoms with E-state index in [1.54, 1.807) is 0 Å². The van der Waals surface area contributed by atoms with E-state index in [1.807, 2.05) is 7.05 Å². The highest BCUT2D eigenvalue weighted by molar-refractivity contribution is 5.71. The molecule has 3 unspecified atom stereocenters. The van der Waals surface area contributed by atoms with E-state index in [0.717, 1.165) is 6.42 Å². The molecule has 2 saturated heterocycles. The molecule has 68 valence electrons. The molecule has 0 aromatic heterocycles. The van der Waals surface area contributed by atoms with Gasteiger partial charge in [0.15, 0.2) is 0 Å². The summed E-state index contributed by atoms with van der Waals surface area (Å²) in [4.78, 5) is 12.9. The summed E-state index contributed by atoms with van der Waals surface area (Å²) in [6.07, 6.45) is 0.747. The number of nitrogens with zero attached hydrogens (tertiary/aromatic N) is 1. The molecule has 2 aliphatic rings. The second-order valence-electron chi connectivity index (χ2n) is 3.60. The number of ether oxygens (including phenoxy) is 1. The lowest BCUT2D eigenvalue weighted by Gasteiger charge is -2.31. The maximum atomic E-state index is 10.8. The highest BCUT2D eigenvalue weighted by Crippen LogP contribution is 2.32. The van der Waals surface area contributed by atoms with Crippen molar-refractivity contribution in [2.75, 3.05) is 20.3 Å². The zero-order chi connectivity index (χ0) is 8.72. The molecule has 0 spiro atoms. The van der Waals surface area contributed by atoms with E-state index in [4.69, 9.17) is 9.84 Å². The summed E-state index contributed by atoms with van der Waals surface area (Å²) in [5.41, 5.74) is 0. The topological polar surface area (TPSA) is 49.8 Å². The fraction of sp³-hybridized carbons (Fsp3) is 0.875. The van der Waals surface area contributed by atoms with Gasteiger partial charge in [-0.2, -0.15) is 0 Å². The Kier molecular flexibility index (Phi) is 1.81. The first-order valence-corrected chi connectivity index (χ1v) is 4.22. The Morgan fingerprint density at radius 2 is 2.33 bits per heavy atom. The van der Waals surface area contributed by atoms with E-state index in [-0.39, 0.29) is 12.0 Å². The van der Waals surface area contributed by atoms with Crippen LogP contribution >= 0.6 is 0 Å². The van der Waals surface area contributed by atoms with Crippen molar-refractivity contribution in [1.29, 1.82) is 0 Å². The van der Waals surface area contributed by atoms with E-state index in [1.165, 1.54) is 0 Å². The molecule has 2 rings (SSSR count). The molecule has 4 nitrogen and oxygen atoms in total. The minimum Gasteiger partial charge on any atom is -0.481 e. The summed E-state index contributed by atoms with van der Waals surface area (Å²) in [6.45, 7) is 1.26. The predicted octanol–water partition coefficient (Wildman–Crippen LogP) is -0.210. The van der Waals surface area contributed by atoms with E-state index < -0.39 is 5.97 Å². The number of morpholine rings is 1. The van der Waals surface area contributed by atoms with Gasteiger partial charge in [-0.15, -0.1) is 0 Å². The third-order valence-corrected chi connectivity index (χ3v) is 3.01. The zero-order valence-corrected chi connectivity index (χ0v) is 7.06. The first kappa shape index (κ1) is 8.01. The maximum absolute atomic E-state index is 10.8. The van der Waals surface area contributed by atoms with Crippen LogP contribution in [0.2, 0.25) is 0 Å². The third-order valence-electron chi connectivity index (χ3n) is 3.01. The molecule has 12 heavy (non-hydrogen) atoms. The van der Waals surface area contributed by atoms with Crippen LogP contribution in [0.15, 0.2) is 0 Å². The summed E-state index contributed by atoms with van der Waals surface area (Å²) in [7, 11) is 1.99. The van der Waals surface area contributed by atoms with E-state index >= 15 is 0 Å². The van der Waals surface area contributed by atoms with Crippen LogP contribution in [0.1, 0.15) is 6.42 Å². The second-order valence-corrected chi connectivity index (χ2v) is 3.60. The number of likely N-dealkylation sites (N-methyl/N-ethyl adjacent to an activating group) is 1. The summed E-state index contributed by atoms with van der Waals surface area (Å²) in [6, 6.07) is 0.422. The van der Waals surface area contributed by atoms with Crippen LogP contribution in [0.4, 0.5) is 0 Å². The summed E-state index contributed by atoms with van der Waals surface area (Å²) >= 11 is 0. The molecule has 0 amide bonds. The van der Waals surface area contributed by atoms with Crippen LogP contribution < -0.4 is 0 Å². The Hall–Kier alpha value is -0.610. The highest BCUT2D eigenvalue weighted by Gasteiger charge is 2.45. The van der Waals surface area contributed by atoms with Gasteiger partial charge >= 0.3 is 5.97 Å². The number of carboxylic acid groups (broad SMARTS) is 1. The average molecular weight is 171 g/mol. The van der Waals surface area contributed by atoms with Crippen LogP contribution in [-0.2, 0) is 9.53 Å². The molecular weight excluding hydrogens is 158 g/mol. The molecule has 2 fully saturated rings. The van der Waals surface area contributed by atoms with Gasteiger partial charge in [-0.3, -0.25) is 9.69 Å². The Balaban J connectivity index is 2.16. The number of aliphatic carboxylic acids is 1. The molecular formula is C8H13NO3. The van der Waals surface area contributed by atoms with Gasteiger partial charge < -0.3 is 9.84 Å². The van der Waals surface area contributed by atoms with Crippen molar-refractivity contribution in [2.24, 2.45) is 5.92 Å². The number of carboxylic acids is 1. The molecule has 0 aromatic rings. The lowest BCUT2D eigenvalue weighted by atomic mass is 10.0. The van der Waals surface area contributed by atoms with Gasteiger partial charge in [-0.05, 0) is 13.5 Å². The number of hydrogen-bond acceptors (Lipinski definition) is 3. The minimum atomic E-state index is -0.681. The number of hydrogen-bond donors (Lipinski definition) is 1. The summed E-state index contributed by atoms with van der Waals surface area (Å²) in [5.74, 6) is -0.901. The Bertz CT molecular complexity index is 206. The van der Waals surface area contributed by atoms with Crippen molar-refractivity contribution < 1.29 is 14.6 Å². The van der Waals surface area contributed by atoms with Crippen molar-refractivity contribution in [1.82, 2.24) is 4.90 Å². The Morgan fingerprint density at radius 3 is 2.92 bits per heavy atom. The molecule has 4 heteroatoms. The molecule has 2 bridgehead atoms. The monoisotopic (exact) mass is 171 g/mol. The van der Waals surface area contributed by atoms with Crippen molar-refractivity contribution in [3.63, 3.8) is 0 Å². The fourth-order valence-corrected chi connectivity index (χ4v) is 2.18. The predicted molar refractivity (Wildman–Crippen MR) is 41.9 cm³/mol. The molecule has 0 aliphatic carbocycles. The Labute approximate surface area is 71.1 Å². The SMILES string of the molecule is CN1C2COCC1C(C(=O)O)C2. The van der Waals surface area contributed by atoms with Gasteiger partial charge in [0.05, 0.1) is 19.1 Å². The van der Waals surface area contributed by atoms with Crippen LogP contribution in [-0.4, -0.2) is 48.3 Å². The molecule has 2 heterocycles. The van der Waals surface area contributed by atoms with Gasteiger partial charge in [0.2, 0.25) is 0 Å². The first-order valence-electron chi connectivity index (χ1n) is 4.22. The fourth-order valence-electron chi connectivity index (χ4n) is 2.18. The number of rotatable bonds is 1. The van der Waals surface area contributed by atoms with Gasteiger partial charge in [-0.25, -0.2) is 0 Å². The average Bonchev–Trinajstić information content (AvgIpc) is 2.27. The number of fused-ring (bicyclic) bond motifs is 2. The smallest absolute Gasteiger partial charge is 0.308 e. The van der Waals surface area contributed by atoms with Crippen LogP contribution in [0.5, 0.6) is 0 Å². The van der Waals surface area contributed by atoms with Crippen LogP contribution in [0, 0.1) is 5.92 Å². The van der Waals surface area contributed by atoms with Crippen molar-refractivity contribution in [2.45, 2.75) is 18.5 Å². The quantitative estimate of drug-likeness (QED) is 0.593. The molecule has 1 N–H and O–H groups in total. The normalized spacial score (nSPS) is 41.6. The van der Waals surface area contributed by atoms with Crippen LogP contribution in [0.25, 0.3) is 0 Å². The van der Waals surface area contributed by atoms with Gasteiger partial charge in [0, 0.05) is 12.1 Å². The van der Waals surface area contributed by atoms with Crippen molar-refractivity contribution in [3.8, 4) is 0 Å². The second kappa shape index (κ2) is 2.71. The van der Waals surface area contributed by atoms with Crippen molar-refractivity contribution >= 4 is 5.97 Å². The van der Waals surface area contributed by atoms with Crippen molar-refractivity contribution in [3.05, 3.63) is 0 Å². The third kappa shape index (κ3) is 1.03. The molecule has 0 radical (unpaired) electrons. The molecule has 3 atom stereocenters. The maximum Gasteiger partial charge on any atom is 0.308 e.